The molecule has 2 N–H and O–H groups in total. The SMILES string of the molecule is Cc1nc2nc(SCc3nc(N)c4ccccc4n3)nn2c(C)c1C. The summed E-state index contributed by atoms with van der Waals surface area (Å²) in [5.41, 5.74) is 10.0. The van der Waals surface area contributed by atoms with Gasteiger partial charge in [-0.25, -0.2) is 19.5 Å². The van der Waals surface area contributed by atoms with Gasteiger partial charge in [-0.2, -0.15) is 4.98 Å². The molecular formula is C17H17N7S. The van der Waals surface area contributed by atoms with Crippen molar-refractivity contribution in [1.82, 2.24) is 29.5 Å². The second-order valence-corrected chi connectivity index (χ2v) is 6.79. The monoisotopic (exact) mass is 351 g/mol. The molecular weight excluding hydrogens is 334 g/mol. The predicted molar refractivity (Wildman–Crippen MR) is 98.5 cm³/mol. The first-order chi connectivity index (χ1) is 12.0. The van der Waals surface area contributed by atoms with Gasteiger partial charge in [0.25, 0.3) is 5.78 Å². The molecule has 25 heavy (non-hydrogen) atoms. The summed E-state index contributed by atoms with van der Waals surface area (Å²) in [5.74, 6) is 2.32. The van der Waals surface area contributed by atoms with Crippen molar-refractivity contribution in [2.24, 2.45) is 0 Å². The number of nitrogens with two attached hydrogens (primary N) is 1. The van der Waals surface area contributed by atoms with Crippen LogP contribution in [0.3, 0.4) is 0 Å². The van der Waals surface area contributed by atoms with Crippen molar-refractivity contribution >= 4 is 34.3 Å². The van der Waals surface area contributed by atoms with Crippen molar-refractivity contribution in [1.29, 1.82) is 0 Å². The fourth-order valence-corrected chi connectivity index (χ4v) is 3.32. The van der Waals surface area contributed by atoms with Gasteiger partial charge in [0.1, 0.15) is 11.6 Å². The van der Waals surface area contributed by atoms with Crippen molar-refractivity contribution in [3.05, 3.63) is 47.0 Å². The standard InChI is InChI=1S/C17H17N7S/c1-9-10(2)19-16-22-17(23-24(16)11(9)3)25-8-14-20-13-7-5-4-6-12(13)15(18)21-14/h4-7H,8H2,1-3H3,(H2,18,20,21). The Kier molecular flexibility index (Phi) is 3.76. The molecule has 0 bridgehead atoms. The van der Waals surface area contributed by atoms with E-state index in [1.54, 1.807) is 4.52 Å². The van der Waals surface area contributed by atoms with Crippen molar-refractivity contribution < 1.29 is 0 Å². The first-order valence-corrected chi connectivity index (χ1v) is 8.86. The van der Waals surface area contributed by atoms with E-state index in [1.165, 1.54) is 11.8 Å². The number of para-hydroxylation sites is 1. The van der Waals surface area contributed by atoms with Crippen LogP contribution in [0.15, 0.2) is 29.4 Å². The van der Waals surface area contributed by atoms with Crippen LogP contribution in [-0.2, 0) is 5.75 Å². The van der Waals surface area contributed by atoms with E-state index in [9.17, 15) is 0 Å². The van der Waals surface area contributed by atoms with Gasteiger partial charge in [-0.05, 0) is 38.5 Å². The zero-order valence-corrected chi connectivity index (χ0v) is 15.0. The van der Waals surface area contributed by atoms with Gasteiger partial charge in [-0.3, -0.25) is 0 Å². The Morgan fingerprint density at radius 1 is 1.04 bits per heavy atom. The minimum atomic E-state index is 0.493. The van der Waals surface area contributed by atoms with Crippen LogP contribution in [0.25, 0.3) is 16.7 Å². The van der Waals surface area contributed by atoms with Crippen LogP contribution in [0, 0.1) is 20.8 Å². The largest absolute Gasteiger partial charge is 0.383 e. The summed E-state index contributed by atoms with van der Waals surface area (Å²) in [5, 5.41) is 6.05. The first kappa shape index (κ1) is 15.8. The van der Waals surface area contributed by atoms with E-state index in [0.717, 1.165) is 27.9 Å². The highest BCUT2D eigenvalue weighted by Gasteiger charge is 2.12. The van der Waals surface area contributed by atoms with Crippen LogP contribution in [-0.4, -0.2) is 29.5 Å². The molecule has 0 fully saturated rings. The summed E-state index contributed by atoms with van der Waals surface area (Å²) in [6, 6.07) is 7.72. The number of hydrogen-bond acceptors (Lipinski definition) is 7. The van der Waals surface area contributed by atoms with E-state index >= 15 is 0 Å². The van der Waals surface area contributed by atoms with Crippen LogP contribution >= 0.6 is 11.8 Å². The molecule has 1 aromatic carbocycles. The van der Waals surface area contributed by atoms with Gasteiger partial charge < -0.3 is 5.73 Å². The van der Waals surface area contributed by atoms with Gasteiger partial charge in [0.05, 0.1) is 11.3 Å². The Morgan fingerprint density at radius 3 is 2.68 bits per heavy atom. The van der Waals surface area contributed by atoms with Crippen LogP contribution in [0.2, 0.25) is 0 Å². The maximum absolute atomic E-state index is 6.03. The minimum Gasteiger partial charge on any atom is -0.383 e. The van der Waals surface area contributed by atoms with Gasteiger partial charge in [0.2, 0.25) is 5.16 Å². The Morgan fingerprint density at radius 2 is 1.84 bits per heavy atom. The lowest BCUT2D eigenvalue weighted by Crippen LogP contribution is -2.02. The fourth-order valence-electron chi connectivity index (χ4n) is 2.64. The molecule has 3 heterocycles. The topological polar surface area (TPSA) is 94.9 Å². The zero-order valence-electron chi connectivity index (χ0n) is 14.2. The molecule has 0 unspecified atom stereocenters. The highest BCUT2D eigenvalue weighted by atomic mass is 32.2. The van der Waals surface area contributed by atoms with Gasteiger partial charge in [0.15, 0.2) is 0 Å². The van der Waals surface area contributed by atoms with Crippen LogP contribution in [0.1, 0.15) is 22.8 Å². The second-order valence-electron chi connectivity index (χ2n) is 5.84. The molecule has 0 spiro atoms. The van der Waals surface area contributed by atoms with E-state index in [-0.39, 0.29) is 0 Å². The Bertz CT molecular complexity index is 1100. The van der Waals surface area contributed by atoms with Crippen molar-refractivity contribution in [2.45, 2.75) is 31.7 Å². The van der Waals surface area contributed by atoms with E-state index < -0.39 is 0 Å². The lowest BCUT2D eigenvalue weighted by atomic mass is 10.2. The molecule has 0 aliphatic carbocycles. The Hall–Kier alpha value is -2.74. The number of benzene rings is 1. The van der Waals surface area contributed by atoms with E-state index in [2.05, 4.69) is 25.0 Å². The number of nitrogens with zero attached hydrogens (tertiary/aromatic N) is 6. The van der Waals surface area contributed by atoms with Gasteiger partial charge in [0, 0.05) is 16.8 Å². The molecule has 4 rings (SSSR count). The average Bonchev–Trinajstić information content (AvgIpc) is 3.01. The minimum absolute atomic E-state index is 0.493. The maximum atomic E-state index is 6.03. The number of anilines is 1. The summed E-state index contributed by atoms with van der Waals surface area (Å²) in [6.07, 6.45) is 0. The third-order valence-corrected chi connectivity index (χ3v) is 5.08. The summed E-state index contributed by atoms with van der Waals surface area (Å²) in [4.78, 5) is 17.9. The van der Waals surface area contributed by atoms with Gasteiger partial charge in [-0.15, -0.1) is 5.10 Å². The molecule has 0 aliphatic heterocycles. The molecule has 7 nitrogen and oxygen atoms in total. The quantitative estimate of drug-likeness (QED) is 0.567. The first-order valence-electron chi connectivity index (χ1n) is 7.87. The maximum Gasteiger partial charge on any atom is 0.253 e. The fraction of sp³-hybridized carbons (Fsp3) is 0.235. The summed E-state index contributed by atoms with van der Waals surface area (Å²) < 4.78 is 1.78. The molecule has 0 aliphatic rings. The normalized spacial score (nSPS) is 11.5. The van der Waals surface area contributed by atoms with Crippen LogP contribution < -0.4 is 5.73 Å². The summed E-state index contributed by atoms with van der Waals surface area (Å²) in [7, 11) is 0. The number of aryl methyl sites for hydroxylation is 2. The molecule has 0 radical (unpaired) electrons. The molecule has 0 atom stereocenters. The number of rotatable bonds is 3. The molecule has 0 saturated carbocycles. The van der Waals surface area contributed by atoms with E-state index in [4.69, 9.17) is 5.73 Å². The van der Waals surface area contributed by atoms with Crippen LogP contribution in [0.4, 0.5) is 5.82 Å². The zero-order chi connectivity index (χ0) is 17.6. The Balaban J connectivity index is 1.63. The van der Waals surface area contributed by atoms with E-state index in [1.807, 2.05) is 45.0 Å². The van der Waals surface area contributed by atoms with Gasteiger partial charge >= 0.3 is 0 Å². The third kappa shape index (κ3) is 2.78. The highest BCUT2D eigenvalue weighted by Crippen LogP contribution is 2.23. The van der Waals surface area contributed by atoms with Gasteiger partial charge in [-0.1, -0.05) is 23.9 Å². The summed E-state index contributed by atoms with van der Waals surface area (Å²) in [6.45, 7) is 6.04. The lowest BCUT2D eigenvalue weighted by molar-refractivity contribution is 0.832. The molecule has 0 amide bonds. The molecule has 0 saturated heterocycles. The number of hydrogen-bond donors (Lipinski definition) is 1. The number of thioether (sulfide) groups is 1. The van der Waals surface area contributed by atoms with Crippen molar-refractivity contribution in [3.8, 4) is 0 Å². The smallest absolute Gasteiger partial charge is 0.253 e. The summed E-state index contributed by atoms with van der Waals surface area (Å²) >= 11 is 1.47. The predicted octanol–water partition coefficient (Wildman–Crippen LogP) is 2.87. The average molecular weight is 351 g/mol. The molecule has 4 aromatic rings. The molecule has 3 aromatic heterocycles. The number of fused-ring (bicyclic) bond motifs is 2. The lowest BCUT2D eigenvalue weighted by Gasteiger charge is -2.04. The Labute approximate surface area is 148 Å². The van der Waals surface area contributed by atoms with Crippen molar-refractivity contribution in [2.75, 3.05) is 5.73 Å². The highest BCUT2D eigenvalue weighted by molar-refractivity contribution is 7.98. The van der Waals surface area contributed by atoms with Crippen LogP contribution in [0.5, 0.6) is 0 Å². The third-order valence-electron chi connectivity index (χ3n) is 4.25. The van der Waals surface area contributed by atoms with E-state index in [0.29, 0.717) is 28.3 Å². The van der Waals surface area contributed by atoms with Crippen molar-refractivity contribution in [3.63, 3.8) is 0 Å². The molecule has 8 heteroatoms. The second kappa shape index (κ2) is 5.96. The number of nitrogen functional groups attached to an aromatic ring is 1. The number of aromatic nitrogens is 6. The molecule has 126 valence electrons.